The lowest BCUT2D eigenvalue weighted by Gasteiger charge is -2.17. The lowest BCUT2D eigenvalue weighted by molar-refractivity contribution is -0.137. The predicted molar refractivity (Wildman–Crippen MR) is 65.6 cm³/mol. The van der Waals surface area contributed by atoms with Crippen molar-refractivity contribution in [2.75, 3.05) is 6.54 Å². The molecule has 2 rings (SSSR count). The van der Waals surface area contributed by atoms with Crippen LogP contribution < -0.4 is 5.32 Å². The maximum absolute atomic E-state index is 12.5. The lowest BCUT2D eigenvalue weighted by Crippen LogP contribution is -2.23. The molecule has 0 amide bonds. The van der Waals surface area contributed by atoms with Gasteiger partial charge in [-0.15, -0.1) is 0 Å². The van der Waals surface area contributed by atoms with Crippen LogP contribution >= 0.6 is 0 Å². The fourth-order valence-corrected chi connectivity index (χ4v) is 1.88. The van der Waals surface area contributed by atoms with Gasteiger partial charge in [0.15, 0.2) is 0 Å². The smallest absolute Gasteiger partial charge is 0.347 e. The molecule has 0 saturated heterocycles. The maximum Gasteiger partial charge on any atom is 0.416 e. The summed E-state index contributed by atoms with van der Waals surface area (Å²) in [6, 6.07) is 4.88. The number of benzene rings is 1. The molecule has 0 saturated carbocycles. The first-order chi connectivity index (χ1) is 9.02. The van der Waals surface area contributed by atoms with Crippen LogP contribution in [0.4, 0.5) is 13.2 Å². The number of nitrogens with one attached hydrogen (secondary N) is 2. The molecule has 0 aliphatic heterocycles. The van der Waals surface area contributed by atoms with Gasteiger partial charge >= 0.3 is 6.18 Å². The number of alkyl halides is 3. The Labute approximate surface area is 108 Å². The summed E-state index contributed by atoms with van der Waals surface area (Å²) in [6.45, 7) is 2.62. The highest BCUT2D eigenvalue weighted by molar-refractivity contribution is 5.30. The van der Waals surface area contributed by atoms with Gasteiger partial charge in [0.05, 0.1) is 11.6 Å². The quantitative estimate of drug-likeness (QED) is 0.895. The fraction of sp³-hybridized carbons (Fsp3) is 0.308. The van der Waals surface area contributed by atoms with E-state index in [1.165, 1.54) is 12.1 Å². The number of aromatic nitrogens is 2. The molecule has 1 heterocycles. The SMILES string of the molecule is CCNC(c1ccc(C(F)(F)F)cc1)c1ncc[nH]1. The van der Waals surface area contributed by atoms with Crippen LogP contribution in [0.1, 0.15) is 29.9 Å². The van der Waals surface area contributed by atoms with E-state index in [0.717, 1.165) is 17.7 Å². The first kappa shape index (κ1) is 13.6. The monoisotopic (exact) mass is 269 g/mol. The predicted octanol–water partition coefficient (Wildman–Crippen LogP) is 3.13. The van der Waals surface area contributed by atoms with Crippen LogP contribution in [0, 0.1) is 0 Å². The second kappa shape index (κ2) is 5.44. The molecule has 2 aromatic rings. The van der Waals surface area contributed by atoms with Gasteiger partial charge in [0.25, 0.3) is 0 Å². The molecule has 1 aromatic carbocycles. The highest BCUT2D eigenvalue weighted by Crippen LogP contribution is 2.30. The summed E-state index contributed by atoms with van der Waals surface area (Å²) < 4.78 is 37.5. The molecular formula is C13H14F3N3. The van der Waals surface area contributed by atoms with Crippen molar-refractivity contribution < 1.29 is 13.2 Å². The van der Waals surface area contributed by atoms with Gasteiger partial charge in [0.2, 0.25) is 0 Å². The topological polar surface area (TPSA) is 40.7 Å². The van der Waals surface area contributed by atoms with Gasteiger partial charge < -0.3 is 10.3 Å². The van der Waals surface area contributed by atoms with E-state index in [1.807, 2.05) is 6.92 Å². The molecule has 102 valence electrons. The molecule has 2 N–H and O–H groups in total. The Balaban J connectivity index is 2.28. The van der Waals surface area contributed by atoms with E-state index in [0.29, 0.717) is 12.4 Å². The molecule has 0 bridgehead atoms. The summed E-state index contributed by atoms with van der Waals surface area (Å²) in [7, 11) is 0. The zero-order valence-corrected chi connectivity index (χ0v) is 10.3. The Morgan fingerprint density at radius 3 is 2.42 bits per heavy atom. The van der Waals surface area contributed by atoms with Crippen molar-refractivity contribution in [3.63, 3.8) is 0 Å². The maximum atomic E-state index is 12.5. The third kappa shape index (κ3) is 3.14. The molecular weight excluding hydrogens is 255 g/mol. The lowest BCUT2D eigenvalue weighted by atomic mass is 10.0. The molecule has 1 unspecified atom stereocenters. The first-order valence-corrected chi connectivity index (χ1v) is 5.92. The van der Waals surface area contributed by atoms with Crippen LogP contribution in [0.2, 0.25) is 0 Å². The summed E-state index contributed by atoms with van der Waals surface area (Å²) in [5.74, 6) is 0.682. The molecule has 1 atom stereocenters. The summed E-state index contributed by atoms with van der Waals surface area (Å²) in [5, 5.41) is 3.18. The average Bonchev–Trinajstić information content (AvgIpc) is 2.89. The van der Waals surface area contributed by atoms with Crippen molar-refractivity contribution in [2.24, 2.45) is 0 Å². The number of nitrogens with zero attached hydrogens (tertiary/aromatic N) is 1. The number of rotatable bonds is 4. The minimum Gasteiger partial charge on any atom is -0.347 e. The number of hydrogen-bond acceptors (Lipinski definition) is 2. The molecule has 0 aliphatic rings. The van der Waals surface area contributed by atoms with Gasteiger partial charge in [0.1, 0.15) is 5.82 Å². The van der Waals surface area contributed by atoms with Crippen molar-refractivity contribution >= 4 is 0 Å². The molecule has 19 heavy (non-hydrogen) atoms. The summed E-state index contributed by atoms with van der Waals surface area (Å²) >= 11 is 0. The Morgan fingerprint density at radius 1 is 1.26 bits per heavy atom. The second-order valence-electron chi connectivity index (χ2n) is 4.08. The van der Waals surface area contributed by atoms with Gasteiger partial charge in [-0.25, -0.2) is 4.98 Å². The highest BCUT2D eigenvalue weighted by atomic mass is 19.4. The van der Waals surface area contributed by atoms with E-state index in [4.69, 9.17) is 0 Å². The van der Waals surface area contributed by atoms with Gasteiger partial charge in [-0.05, 0) is 24.2 Å². The molecule has 3 nitrogen and oxygen atoms in total. The zero-order chi connectivity index (χ0) is 13.9. The Bertz CT molecular complexity index is 503. The van der Waals surface area contributed by atoms with E-state index in [-0.39, 0.29) is 6.04 Å². The number of hydrogen-bond donors (Lipinski definition) is 2. The third-order valence-corrected chi connectivity index (χ3v) is 2.77. The van der Waals surface area contributed by atoms with E-state index in [9.17, 15) is 13.2 Å². The number of halogens is 3. The Kier molecular flexibility index (Phi) is 3.90. The number of imidazole rings is 1. The van der Waals surface area contributed by atoms with Crippen molar-refractivity contribution in [3.05, 3.63) is 53.6 Å². The van der Waals surface area contributed by atoms with Crippen LogP contribution in [-0.4, -0.2) is 16.5 Å². The molecule has 0 fully saturated rings. The van der Waals surface area contributed by atoms with E-state index >= 15 is 0 Å². The minimum atomic E-state index is -4.31. The first-order valence-electron chi connectivity index (χ1n) is 5.92. The standard InChI is InChI=1S/C13H14F3N3/c1-2-17-11(12-18-7-8-19-12)9-3-5-10(6-4-9)13(14,15)16/h3-8,11,17H,2H2,1H3,(H,18,19). The molecule has 6 heteroatoms. The number of H-pyrrole nitrogens is 1. The van der Waals surface area contributed by atoms with E-state index in [1.54, 1.807) is 12.4 Å². The highest BCUT2D eigenvalue weighted by Gasteiger charge is 2.30. The van der Waals surface area contributed by atoms with Gasteiger partial charge in [-0.2, -0.15) is 13.2 Å². The molecule has 0 radical (unpaired) electrons. The van der Waals surface area contributed by atoms with Crippen LogP contribution in [0.3, 0.4) is 0 Å². The average molecular weight is 269 g/mol. The van der Waals surface area contributed by atoms with Crippen LogP contribution in [0.5, 0.6) is 0 Å². The van der Waals surface area contributed by atoms with E-state index in [2.05, 4.69) is 15.3 Å². The molecule has 0 spiro atoms. The van der Waals surface area contributed by atoms with Gasteiger partial charge in [-0.3, -0.25) is 0 Å². The Morgan fingerprint density at radius 2 is 1.95 bits per heavy atom. The normalized spacial score (nSPS) is 13.5. The third-order valence-electron chi connectivity index (χ3n) is 2.77. The minimum absolute atomic E-state index is 0.234. The van der Waals surface area contributed by atoms with Gasteiger partial charge in [-0.1, -0.05) is 19.1 Å². The van der Waals surface area contributed by atoms with Crippen molar-refractivity contribution in [1.82, 2.24) is 15.3 Å². The second-order valence-corrected chi connectivity index (χ2v) is 4.08. The van der Waals surface area contributed by atoms with Crippen LogP contribution in [0.15, 0.2) is 36.7 Å². The Hall–Kier alpha value is -1.82. The molecule has 0 aliphatic carbocycles. The summed E-state index contributed by atoms with van der Waals surface area (Å²) in [5.41, 5.74) is 0.0933. The fourth-order valence-electron chi connectivity index (χ4n) is 1.88. The van der Waals surface area contributed by atoms with Crippen LogP contribution in [0.25, 0.3) is 0 Å². The zero-order valence-electron chi connectivity index (χ0n) is 10.3. The summed E-state index contributed by atoms with van der Waals surface area (Å²) in [4.78, 5) is 7.11. The molecule has 1 aromatic heterocycles. The van der Waals surface area contributed by atoms with E-state index < -0.39 is 11.7 Å². The summed E-state index contributed by atoms with van der Waals surface area (Å²) in [6.07, 6.45) is -1.01. The van der Waals surface area contributed by atoms with Crippen molar-refractivity contribution in [1.29, 1.82) is 0 Å². The van der Waals surface area contributed by atoms with Gasteiger partial charge in [0, 0.05) is 12.4 Å². The largest absolute Gasteiger partial charge is 0.416 e. The van der Waals surface area contributed by atoms with Crippen molar-refractivity contribution in [3.8, 4) is 0 Å². The van der Waals surface area contributed by atoms with Crippen LogP contribution in [-0.2, 0) is 6.18 Å². The van der Waals surface area contributed by atoms with Crippen molar-refractivity contribution in [2.45, 2.75) is 19.1 Å². The number of aromatic amines is 1.